The van der Waals surface area contributed by atoms with Crippen molar-refractivity contribution in [3.8, 4) is 0 Å². The van der Waals surface area contributed by atoms with Crippen molar-refractivity contribution in [1.29, 1.82) is 5.41 Å². The van der Waals surface area contributed by atoms with E-state index in [-0.39, 0.29) is 11.6 Å². The topological polar surface area (TPSA) is 124 Å². The van der Waals surface area contributed by atoms with Gasteiger partial charge in [-0.3, -0.25) is 24.4 Å². The van der Waals surface area contributed by atoms with E-state index in [4.69, 9.17) is 11.1 Å². The fraction of sp³-hybridized carbons (Fsp3) is 0.355. The Morgan fingerprint density at radius 1 is 1.05 bits per heavy atom. The predicted molar refractivity (Wildman–Crippen MR) is 158 cm³/mol. The monoisotopic (exact) mass is 546 g/mol. The van der Waals surface area contributed by atoms with Crippen LogP contribution in [0.15, 0.2) is 66.9 Å². The van der Waals surface area contributed by atoms with Gasteiger partial charge in [-0.25, -0.2) is 0 Å². The highest BCUT2D eigenvalue weighted by Gasteiger charge is 2.39. The van der Waals surface area contributed by atoms with Gasteiger partial charge in [-0.15, -0.1) is 0 Å². The van der Waals surface area contributed by atoms with E-state index in [9.17, 15) is 14.0 Å². The van der Waals surface area contributed by atoms with E-state index in [1.54, 1.807) is 24.4 Å². The van der Waals surface area contributed by atoms with E-state index in [0.717, 1.165) is 43.5 Å². The second-order valence-electron chi connectivity index (χ2n) is 9.51. The van der Waals surface area contributed by atoms with E-state index in [0.29, 0.717) is 54.2 Å². The van der Waals surface area contributed by atoms with E-state index in [2.05, 4.69) is 15.6 Å². The number of aromatic nitrogens is 1. The molecule has 2 bridgehead atoms. The molecule has 2 saturated heterocycles. The molecule has 2 fully saturated rings. The Hall–Kier alpha value is -4.27. The average Bonchev–Trinajstić information content (AvgIpc) is 3.27. The number of alkyl halides is 1. The number of fused-ring (bicyclic) bond motifs is 2. The number of hydrogen-bond donors (Lipinski definition) is 4. The van der Waals surface area contributed by atoms with Gasteiger partial charge >= 0.3 is 0 Å². The Labute approximate surface area is 235 Å². The van der Waals surface area contributed by atoms with Crippen molar-refractivity contribution in [3.05, 3.63) is 89.2 Å². The number of carbonyl (C=O) groups is 2. The van der Waals surface area contributed by atoms with Crippen LogP contribution in [-0.4, -0.2) is 53.2 Å². The molecule has 2 atom stereocenters. The van der Waals surface area contributed by atoms with E-state index in [1.165, 1.54) is 0 Å². The molecule has 0 spiro atoms. The van der Waals surface area contributed by atoms with Crippen LogP contribution in [0.3, 0.4) is 0 Å². The Bertz CT molecular complexity index is 1250. The van der Waals surface area contributed by atoms with Gasteiger partial charge in [0.1, 0.15) is 0 Å². The number of amides is 2. The Kier molecular flexibility index (Phi) is 11.2. The molecule has 3 heterocycles. The van der Waals surface area contributed by atoms with Crippen LogP contribution < -0.4 is 16.4 Å². The van der Waals surface area contributed by atoms with Gasteiger partial charge < -0.3 is 21.3 Å². The van der Waals surface area contributed by atoms with E-state index < -0.39 is 0 Å². The van der Waals surface area contributed by atoms with Crippen LogP contribution in [0.5, 0.6) is 0 Å². The molecular formula is C31H39FN6O2. The first-order chi connectivity index (χ1) is 19.5. The molecule has 0 saturated carbocycles. The maximum atomic E-state index is 12.7. The summed E-state index contributed by atoms with van der Waals surface area (Å²) in [7, 11) is 0.500. The zero-order chi connectivity index (χ0) is 29.1. The van der Waals surface area contributed by atoms with E-state index in [1.807, 2.05) is 61.2 Å². The summed E-state index contributed by atoms with van der Waals surface area (Å²) in [6.07, 6.45) is 6.77. The molecule has 2 aliphatic heterocycles. The number of nitrogens with one attached hydrogen (secondary N) is 3. The van der Waals surface area contributed by atoms with Crippen LogP contribution >= 0.6 is 0 Å². The third-order valence-corrected chi connectivity index (χ3v) is 7.20. The number of nitrogens with two attached hydrogens (primary N) is 1. The summed E-state index contributed by atoms with van der Waals surface area (Å²) in [6.45, 7) is 4.32. The largest absolute Gasteiger partial charge is 0.398 e. The average molecular weight is 547 g/mol. The normalized spacial score (nSPS) is 18.8. The number of hydrogen-bond acceptors (Lipinski definition) is 6. The van der Waals surface area contributed by atoms with Crippen LogP contribution in [-0.2, 0) is 11.3 Å². The lowest BCUT2D eigenvalue weighted by Gasteiger charge is -2.37. The molecule has 212 valence electrons. The van der Waals surface area contributed by atoms with Crippen molar-refractivity contribution >= 4 is 29.4 Å². The lowest BCUT2D eigenvalue weighted by Crippen LogP contribution is -2.46. The quantitative estimate of drug-likeness (QED) is 0.176. The number of piperidine rings is 1. The molecule has 9 heteroatoms. The molecule has 5 N–H and O–H groups in total. The summed E-state index contributed by atoms with van der Waals surface area (Å²) in [5.74, 6) is -0.246. The smallest absolute Gasteiger partial charge is 0.251 e. The molecule has 2 amide bonds. The molecule has 2 unspecified atom stereocenters. The highest BCUT2D eigenvalue weighted by atomic mass is 19.1. The number of carbonyl (C=O) groups excluding carboxylic acids is 2. The van der Waals surface area contributed by atoms with Gasteiger partial charge in [0.15, 0.2) is 0 Å². The second kappa shape index (κ2) is 14.8. The predicted octanol–water partition coefficient (Wildman–Crippen LogP) is 5.19. The Morgan fingerprint density at radius 2 is 1.70 bits per heavy atom. The number of nitrogens with zero attached hydrogens (tertiary/aromatic N) is 2. The number of benzene rings is 2. The summed E-state index contributed by atoms with van der Waals surface area (Å²) in [6, 6.07) is 19.3. The summed E-state index contributed by atoms with van der Waals surface area (Å²) < 4.78 is 9.50. The van der Waals surface area contributed by atoms with Gasteiger partial charge in [0.25, 0.3) is 5.91 Å². The number of halogens is 1. The van der Waals surface area contributed by atoms with Crippen LogP contribution in [0.25, 0.3) is 0 Å². The minimum atomic E-state index is -0.246. The molecule has 8 nitrogen and oxygen atoms in total. The first-order valence-electron chi connectivity index (χ1n) is 13.7. The first kappa shape index (κ1) is 30.3. The molecule has 40 heavy (non-hydrogen) atoms. The second-order valence-corrected chi connectivity index (χ2v) is 9.51. The third kappa shape index (κ3) is 7.22. The molecule has 0 aliphatic carbocycles. The number of rotatable bonds is 8. The van der Waals surface area contributed by atoms with Gasteiger partial charge in [-0.05, 0) is 68.1 Å². The zero-order valence-electron chi connectivity index (χ0n) is 23.4. The van der Waals surface area contributed by atoms with E-state index >= 15 is 0 Å². The SMILES string of the molecule is CC.CF.N=C(c1ccc(NC2CC3CCC(C2)N3C=O)cc1)c1cc(C(=O)NCc2ccccn2)ccc1N. The van der Waals surface area contributed by atoms with Crippen LogP contribution in [0.4, 0.5) is 15.8 Å². The first-order valence-corrected chi connectivity index (χ1v) is 13.7. The Morgan fingerprint density at radius 3 is 2.30 bits per heavy atom. The summed E-state index contributed by atoms with van der Waals surface area (Å²) in [5.41, 5.74) is 10.3. The zero-order valence-corrected chi connectivity index (χ0v) is 23.4. The number of nitrogen functional groups attached to an aromatic ring is 1. The molecule has 0 radical (unpaired) electrons. The van der Waals surface area contributed by atoms with Crippen LogP contribution in [0.2, 0.25) is 0 Å². The molecule has 5 rings (SSSR count). The fourth-order valence-electron chi connectivity index (χ4n) is 5.32. The summed E-state index contributed by atoms with van der Waals surface area (Å²) >= 11 is 0. The van der Waals surface area contributed by atoms with Gasteiger partial charge in [0.05, 0.1) is 25.1 Å². The maximum Gasteiger partial charge on any atom is 0.251 e. The van der Waals surface area contributed by atoms with Crippen molar-refractivity contribution in [2.75, 3.05) is 18.2 Å². The van der Waals surface area contributed by atoms with Gasteiger partial charge in [0, 0.05) is 52.4 Å². The van der Waals surface area contributed by atoms with Crippen LogP contribution in [0, 0.1) is 5.41 Å². The molecular weight excluding hydrogens is 507 g/mol. The fourth-order valence-corrected chi connectivity index (χ4v) is 5.32. The van der Waals surface area contributed by atoms with Gasteiger partial charge in [-0.2, -0.15) is 0 Å². The van der Waals surface area contributed by atoms with Crippen molar-refractivity contribution in [2.45, 2.75) is 64.2 Å². The van der Waals surface area contributed by atoms with Crippen molar-refractivity contribution < 1.29 is 14.0 Å². The highest BCUT2D eigenvalue weighted by molar-refractivity contribution is 6.15. The molecule has 3 aromatic rings. The highest BCUT2D eigenvalue weighted by Crippen LogP contribution is 2.35. The lowest BCUT2D eigenvalue weighted by molar-refractivity contribution is -0.122. The standard InChI is InChI=1S/C28H30N6O2.C2H6.CH3F/c29-26-11-6-19(28(36)32-16-21-3-1-2-12-31-21)13-25(26)27(30)18-4-7-20(8-5-18)33-22-14-23-9-10-24(15-22)34(23)17-35;2*1-2/h1-8,11-13,17,22-24,30,33H,9-10,14-16,29H2,(H,32,36);1-2H3;1H3. The summed E-state index contributed by atoms with van der Waals surface area (Å²) in [5, 5.41) is 15.2. The number of pyridine rings is 1. The lowest BCUT2D eigenvalue weighted by atomic mass is 9.96. The van der Waals surface area contributed by atoms with Crippen molar-refractivity contribution in [2.24, 2.45) is 0 Å². The molecule has 2 aromatic carbocycles. The summed E-state index contributed by atoms with van der Waals surface area (Å²) in [4.78, 5) is 30.2. The minimum Gasteiger partial charge on any atom is -0.398 e. The Balaban J connectivity index is 0.00000106. The van der Waals surface area contributed by atoms with Crippen LogP contribution in [0.1, 0.15) is 66.7 Å². The van der Waals surface area contributed by atoms with Crippen molar-refractivity contribution in [1.82, 2.24) is 15.2 Å². The maximum absolute atomic E-state index is 12.7. The van der Waals surface area contributed by atoms with Gasteiger partial charge in [-0.1, -0.05) is 32.0 Å². The van der Waals surface area contributed by atoms with Crippen molar-refractivity contribution in [3.63, 3.8) is 0 Å². The third-order valence-electron chi connectivity index (χ3n) is 7.20. The number of anilines is 2. The molecule has 1 aromatic heterocycles. The molecule has 2 aliphatic rings. The minimum absolute atomic E-state index is 0.246. The van der Waals surface area contributed by atoms with Gasteiger partial charge in [0.2, 0.25) is 6.41 Å².